The monoisotopic (exact) mass is 279 g/mol. The second-order valence-electron chi connectivity index (χ2n) is 3.70. The van der Waals surface area contributed by atoms with Crippen LogP contribution in [0.15, 0.2) is 18.2 Å². The summed E-state index contributed by atoms with van der Waals surface area (Å²) < 4.78 is 5.19. The Morgan fingerprint density at radius 2 is 2.30 bits per heavy atom. The van der Waals surface area contributed by atoms with Crippen LogP contribution in [-0.4, -0.2) is 36.2 Å². The third-order valence-electron chi connectivity index (χ3n) is 2.32. The second-order valence-corrected chi connectivity index (χ2v) is 3.70. The molecule has 0 aliphatic heterocycles. The molecule has 1 aromatic carbocycles. The van der Waals surface area contributed by atoms with Gasteiger partial charge >= 0.3 is 11.7 Å². The van der Waals surface area contributed by atoms with E-state index in [1.54, 1.807) is 7.05 Å². The van der Waals surface area contributed by atoms with Gasteiger partial charge in [-0.3, -0.25) is 10.1 Å². The molecular weight excluding hydrogens is 270 g/mol. The van der Waals surface area contributed by atoms with Crippen LogP contribution in [0.5, 0.6) is 5.75 Å². The summed E-state index contributed by atoms with van der Waals surface area (Å²) in [7, 11) is 1.55. The normalized spacial score (nSPS) is 10.2. The van der Waals surface area contributed by atoms with Crippen LogP contribution in [0.3, 0.4) is 0 Å². The lowest BCUT2D eigenvalue weighted by atomic mass is 10.2. The number of rotatable bonds is 5. The van der Waals surface area contributed by atoms with E-state index in [0.717, 1.165) is 6.07 Å². The number of carbonyl (C=O) groups is 1. The summed E-state index contributed by atoms with van der Waals surface area (Å²) >= 11 is 0. The van der Waals surface area contributed by atoms with Gasteiger partial charge in [-0.15, -0.1) is 10.2 Å². The average molecular weight is 279 g/mol. The highest BCUT2D eigenvalue weighted by Gasteiger charge is 2.23. The van der Waals surface area contributed by atoms with E-state index in [0.29, 0.717) is 0 Å². The molecule has 10 heteroatoms. The van der Waals surface area contributed by atoms with Gasteiger partial charge < -0.3 is 9.84 Å². The molecule has 10 nitrogen and oxygen atoms in total. The molecule has 0 saturated heterocycles. The van der Waals surface area contributed by atoms with Crippen LogP contribution in [-0.2, 0) is 13.7 Å². The summed E-state index contributed by atoms with van der Waals surface area (Å²) in [5, 5.41) is 31.0. The van der Waals surface area contributed by atoms with Crippen LogP contribution >= 0.6 is 0 Å². The van der Waals surface area contributed by atoms with Crippen molar-refractivity contribution in [1.29, 1.82) is 0 Å². The molecule has 0 aliphatic rings. The SMILES string of the molecule is Cn1nnc(COc2c(C(=O)O)cccc2[N+](=O)[O-])n1. The average Bonchev–Trinajstić information content (AvgIpc) is 2.81. The fourth-order valence-corrected chi connectivity index (χ4v) is 1.51. The number of aromatic nitrogens is 4. The summed E-state index contributed by atoms with van der Waals surface area (Å²) in [6.07, 6.45) is 0. The zero-order valence-corrected chi connectivity index (χ0v) is 10.3. The third-order valence-corrected chi connectivity index (χ3v) is 2.32. The first kappa shape index (κ1) is 13.4. The highest BCUT2D eigenvalue weighted by molar-refractivity contribution is 5.92. The Labute approximate surface area is 111 Å². The van der Waals surface area contributed by atoms with Gasteiger partial charge in [-0.1, -0.05) is 6.07 Å². The highest BCUT2D eigenvalue weighted by atomic mass is 16.6. The molecular formula is C10H9N5O5. The second kappa shape index (κ2) is 5.30. The van der Waals surface area contributed by atoms with Crippen LogP contribution in [0.4, 0.5) is 5.69 Å². The van der Waals surface area contributed by atoms with Crippen molar-refractivity contribution in [3.05, 3.63) is 39.7 Å². The first-order chi connectivity index (χ1) is 9.49. The van der Waals surface area contributed by atoms with Crippen molar-refractivity contribution in [2.75, 3.05) is 0 Å². The van der Waals surface area contributed by atoms with Crippen LogP contribution in [0.25, 0.3) is 0 Å². The summed E-state index contributed by atoms with van der Waals surface area (Å²) in [6.45, 7) is -0.223. The molecule has 0 radical (unpaired) electrons. The minimum atomic E-state index is -1.32. The van der Waals surface area contributed by atoms with E-state index in [1.807, 2.05) is 0 Å². The van der Waals surface area contributed by atoms with Crippen molar-refractivity contribution in [2.45, 2.75) is 6.61 Å². The minimum absolute atomic E-state index is 0.182. The summed E-state index contributed by atoms with van der Waals surface area (Å²) in [6, 6.07) is 3.65. The maximum atomic E-state index is 11.1. The number of para-hydroxylation sites is 1. The molecule has 0 bridgehead atoms. The first-order valence-corrected chi connectivity index (χ1v) is 5.35. The van der Waals surface area contributed by atoms with Gasteiger partial charge in [0.15, 0.2) is 6.61 Å². The number of tetrazole rings is 1. The largest absolute Gasteiger partial charge is 0.478 e. The van der Waals surface area contributed by atoms with E-state index in [1.165, 1.54) is 16.9 Å². The molecule has 0 saturated carbocycles. The molecule has 104 valence electrons. The van der Waals surface area contributed by atoms with E-state index >= 15 is 0 Å². The molecule has 0 aliphatic carbocycles. The number of carboxylic acids is 1. The maximum Gasteiger partial charge on any atom is 0.339 e. The molecule has 2 aromatic rings. The van der Waals surface area contributed by atoms with Gasteiger partial charge in [-0.25, -0.2) is 4.79 Å². The Morgan fingerprint density at radius 1 is 1.55 bits per heavy atom. The van der Waals surface area contributed by atoms with E-state index in [9.17, 15) is 14.9 Å². The van der Waals surface area contributed by atoms with Crippen molar-refractivity contribution in [1.82, 2.24) is 20.2 Å². The topological polar surface area (TPSA) is 133 Å². The molecule has 20 heavy (non-hydrogen) atoms. The number of aryl methyl sites for hydroxylation is 1. The first-order valence-electron chi connectivity index (χ1n) is 5.35. The maximum absolute atomic E-state index is 11.1. The molecule has 1 aromatic heterocycles. The zero-order valence-electron chi connectivity index (χ0n) is 10.3. The fraction of sp³-hybridized carbons (Fsp3) is 0.200. The van der Waals surface area contributed by atoms with Gasteiger partial charge in [-0.2, -0.15) is 4.80 Å². The molecule has 2 rings (SSSR count). The summed E-state index contributed by atoms with van der Waals surface area (Å²) in [5.74, 6) is -1.48. The van der Waals surface area contributed by atoms with E-state index in [-0.39, 0.29) is 23.7 Å². The number of hydrogen-bond donors (Lipinski definition) is 1. The summed E-state index contributed by atoms with van der Waals surface area (Å²) in [5.41, 5.74) is -0.739. The number of nitrogens with zero attached hydrogens (tertiary/aromatic N) is 5. The van der Waals surface area contributed by atoms with E-state index in [2.05, 4.69) is 15.4 Å². The lowest BCUT2D eigenvalue weighted by Crippen LogP contribution is -2.07. The quantitative estimate of drug-likeness (QED) is 0.613. The number of benzene rings is 1. The lowest BCUT2D eigenvalue weighted by molar-refractivity contribution is -0.386. The van der Waals surface area contributed by atoms with Crippen molar-refractivity contribution in [2.24, 2.45) is 7.05 Å². The number of ether oxygens (including phenoxy) is 1. The highest BCUT2D eigenvalue weighted by Crippen LogP contribution is 2.31. The smallest absolute Gasteiger partial charge is 0.339 e. The number of nitro groups is 1. The third kappa shape index (κ3) is 2.68. The zero-order chi connectivity index (χ0) is 14.7. The van der Waals surface area contributed by atoms with Gasteiger partial charge in [-0.05, 0) is 11.3 Å². The Morgan fingerprint density at radius 3 is 2.85 bits per heavy atom. The lowest BCUT2D eigenvalue weighted by Gasteiger charge is -2.07. The molecule has 0 amide bonds. The van der Waals surface area contributed by atoms with Crippen LogP contribution in [0.2, 0.25) is 0 Å². The number of carboxylic acid groups (broad SMARTS) is 1. The van der Waals surface area contributed by atoms with Gasteiger partial charge in [0.05, 0.1) is 12.0 Å². The molecule has 0 spiro atoms. The molecule has 0 unspecified atom stereocenters. The van der Waals surface area contributed by atoms with Crippen LogP contribution < -0.4 is 4.74 Å². The van der Waals surface area contributed by atoms with Gasteiger partial charge in [0.2, 0.25) is 11.6 Å². The Hall–Kier alpha value is -3.04. The van der Waals surface area contributed by atoms with E-state index < -0.39 is 16.6 Å². The van der Waals surface area contributed by atoms with Gasteiger partial charge in [0.1, 0.15) is 5.56 Å². The molecule has 0 atom stereocenters. The van der Waals surface area contributed by atoms with E-state index in [4.69, 9.17) is 9.84 Å². The van der Waals surface area contributed by atoms with Crippen molar-refractivity contribution >= 4 is 11.7 Å². The van der Waals surface area contributed by atoms with Crippen molar-refractivity contribution < 1.29 is 19.6 Å². The fourth-order valence-electron chi connectivity index (χ4n) is 1.51. The Bertz CT molecular complexity index is 636. The predicted octanol–water partition coefficient (Wildman–Crippen LogP) is 0.395. The Balaban J connectivity index is 2.32. The summed E-state index contributed by atoms with van der Waals surface area (Å²) in [4.78, 5) is 22.4. The Kier molecular flexibility index (Phi) is 3.55. The molecule has 1 N–H and O–H groups in total. The molecule has 1 heterocycles. The molecule has 0 fully saturated rings. The van der Waals surface area contributed by atoms with Crippen LogP contribution in [0.1, 0.15) is 16.2 Å². The van der Waals surface area contributed by atoms with Gasteiger partial charge in [0, 0.05) is 6.07 Å². The predicted molar refractivity (Wildman–Crippen MR) is 63.2 cm³/mol. The van der Waals surface area contributed by atoms with Crippen molar-refractivity contribution in [3.8, 4) is 5.75 Å². The van der Waals surface area contributed by atoms with Crippen molar-refractivity contribution in [3.63, 3.8) is 0 Å². The number of nitro benzene ring substituents is 1. The number of hydrogen-bond acceptors (Lipinski definition) is 7. The standard InChI is InChI=1S/C10H9N5O5/c1-14-12-8(11-13-14)5-20-9-6(10(16)17)3-2-4-7(9)15(18)19/h2-4H,5H2,1H3,(H,16,17). The minimum Gasteiger partial charge on any atom is -0.478 e. The van der Waals surface area contributed by atoms with Crippen LogP contribution in [0, 0.1) is 10.1 Å². The van der Waals surface area contributed by atoms with Gasteiger partial charge in [0.25, 0.3) is 0 Å². The number of aromatic carboxylic acids is 1.